The molecule has 0 aromatic carbocycles. The van der Waals surface area contributed by atoms with Gasteiger partial charge in [-0.3, -0.25) is 9.59 Å². The number of rotatable bonds is 9. The lowest BCUT2D eigenvalue weighted by Gasteiger charge is -2.24. The summed E-state index contributed by atoms with van der Waals surface area (Å²) in [7, 11) is 0. The zero-order valence-corrected chi connectivity index (χ0v) is 13.0. The van der Waals surface area contributed by atoms with Gasteiger partial charge in [-0.25, -0.2) is 0 Å². The summed E-state index contributed by atoms with van der Waals surface area (Å²) in [5.74, 6) is -1.35. The first-order chi connectivity index (χ1) is 9.54. The van der Waals surface area contributed by atoms with Crippen LogP contribution in [0.25, 0.3) is 0 Å². The Bertz CT molecular complexity index is 417. The maximum Gasteiger partial charge on any atom is 0.308 e. The topological polar surface area (TPSA) is 57.6 Å². The molecule has 1 amide bonds. The summed E-state index contributed by atoms with van der Waals surface area (Å²) in [5.41, 5.74) is 0. The third kappa shape index (κ3) is 5.74. The van der Waals surface area contributed by atoms with Crippen molar-refractivity contribution in [2.45, 2.75) is 39.5 Å². The molecule has 1 aromatic rings. The molecular formula is C15H23NO3S. The smallest absolute Gasteiger partial charge is 0.308 e. The molecule has 0 bridgehead atoms. The third-order valence-corrected chi connectivity index (χ3v) is 4.08. The van der Waals surface area contributed by atoms with E-state index in [2.05, 4.69) is 6.92 Å². The fraction of sp³-hybridized carbons (Fsp3) is 0.600. The van der Waals surface area contributed by atoms with Crippen LogP contribution in [-0.2, 0) is 16.0 Å². The highest BCUT2D eigenvalue weighted by atomic mass is 32.1. The van der Waals surface area contributed by atoms with Crippen molar-refractivity contribution in [1.82, 2.24) is 4.90 Å². The number of thiophene rings is 1. The van der Waals surface area contributed by atoms with Crippen molar-refractivity contribution in [3.05, 3.63) is 22.4 Å². The second kappa shape index (κ2) is 8.74. The molecule has 1 unspecified atom stereocenters. The van der Waals surface area contributed by atoms with E-state index < -0.39 is 11.9 Å². The Morgan fingerprint density at radius 3 is 2.70 bits per heavy atom. The zero-order chi connectivity index (χ0) is 15.0. The summed E-state index contributed by atoms with van der Waals surface area (Å²) in [4.78, 5) is 26.0. The Morgan fingerprint density at radius 2 is 2.15 bits per heavy atom. The molecule has 1 N–H and O–H groups in total. The number of carbonyl (C=O) groups excluding carboxylic acids is 1. The highest BCUT2D eigenvalue weighted by molar-refractivity contribution is 7.10. The number of hydrogen-bond donors (Lipinski definition) is 1. The van der Waals surface area contributed by atoms with Crippen LogP contribution in [0.5, 0.6) is 0 Å². The van der Waals surface area contributed by atoms with E-state index in [9.17, 15) is 9.59 Å². The second-order valence-electron chi connectivity index (χ2n) is 5.04. The van der Waals surface area contributed by atoms with E-state index in [1.807, 2.05) is 17.5 Å². The molecule has 0 spiro atoms. The van der Waals surface area contributed by atoms with E-state index in [0.717, 1.165) is 24.1 Å². The van der Waals surface area contributed by atoms with E-state index in [-0.39, 0.29) is 5.91 Å². The molecule has 1 heterocycles. The highest BCUT2D eigenvalue weighted by Crippen LogP contribution is 2.12. The minimum Gasteiger partial charge on any atom is -0.481 e. The van der Waals surface area contributed by atoms with Gasteiger partial charge in [-0.1, -0.05) is 32.8 Å². The molecule has 0 aliphatic carbocycles. The number of aliphatic carboxylic acids is 1. The zero-order valence-electron chi connectivity index (χ0n) is 12.2. The lowest BCUT2D eigenvalue weighted by molar-refractivity contribution is -0.143. The molecule has 0 saturated carbocycles. The maximum absolute atomic E-state index is 12.3. The first-order valence-electron chi connectivity index (χ1n) is 7.07. The molecular weight excluding hydrogens is 274 g/mol. The average Bonchev–Trinajstić information content (AvgIpc) is 2.90. The predicted molar refractivity (Wildman–Crippen MR) is 80.9 cm³/mol. The van der Waals surface area contributed by atoms with Crippen LogP contribution in [0.3, 0.4) is 0 Å². The van der Waals surface area contributed by atoms with Crippen molar-refractivity contribution in [3.63, 3.8) is 0 Å². The first kappa shape index (κ1) is 16.7. The summed E-state index contributed by atoms with van der Waals surface area (Å²) >= 11 is 1.56. The van der Waals surface area contributed by atoms with Crippen molar-refractivity contribution >= 4 is 23.2 Å². The van der Waals surface area contributed by atoms with Gasteiger partial charge in [0.1, 0.15) is 0 Å². The lowest BCUT2D eigenvalue weighted by atomic mass is 10.1. The number of amides is 1. The van der Waals surface area contributed by atoms with Gasteiger partial charge >= 0.3 is 5.97 Å². The summed E-state index contributed by atoms with van der Waals surface area (Å²) in [6.45, 7) is 4.70. The summed E-state index contributed by atoms with van der Waals surface area (Å²) < 4.78 is 0. The predicted octanol–water partition coefficient (Wildman–Crippen LogP) is 3.03. The summed E-state index contributed by atoms with van der Waals surface area (Å²) in [5, 5.41) is 11.0. The Labute approximate surface area is 124 Å². The fourth-order valence-electron chi connectivity index (χ4n) is 1.95. The Hall–Kier alpha value is -1.36. The van der Waals surface area contributed by atoms with Gasteiger partial charge in [0.15, 0.2) is 0 Å². The van der Waals surface area contributed by atoms with E-state index in [1.165, 1.54) is 0 Å². The van der Waals surface area contributed by atoms with E-state index in [4.69, 9.17) is 5.11 Å². The lowest BCUT2D eigenvalue weighted by Crippen LogP contribution is -2.38. The van der Waals surface area contributed by atoms with Gasteiger partial charge in [-0.15, -0.1) is 11.3 Å². The molecule has 0 fully saturated rings. The van der Waals surface area contributed by atoms with Crippen molar-refractivity contribution in [3.8, 4) is 0 Å². The molecule has 1 rings (SSSR count). The average molecular weight is 297 g/mol. The van der Waals surface area contributed by atoms with Crippen LogP contribution in [0.1, 0.15) is 38.0 Å². The van der Waals surface area contributed by atoms with E-state index in [0.29, 0.717) is 19.5 Å². The van der Waals surface area contributed by atoms with Crippen molar-refractivity contribution in [2.75, 3.05) is 13.1 Å². The molecule has 112 valence electrons. The molecule has 1 aromatic heterocycles. The van der Waals surface area contributed by atoms with Gasteiger partial charge in [-0.05, 0) is 17.9 Å². The van der Waals surface area contributed by atoms with Crippen LogP contribution in [0.4, 0.5) is 0 Å². The first-order valence-corrected chi connectivity index (χ1v) is 7.95. The molecule has 0 aliphatic rings. The number of carboxylic acid groups (broad SMARTS) is 1. The van der Waals surface area contributed by atoms with Crippen molar-refractivity contribution in [2.24, 2.45) is 5.92 Å². The molecule has 0 aliphatic heterocycles. The van der Waals surface area contributed by atoms with E-state index >= 15 is 0 Å². The monoisotopic (exact) mass is 297 g/mol. The summed E-state index contributed by atoms with van der Waals surface area (Å²) in [6, 6.07) is 3.86. The SMILES string of the molecule is CCCCCN(CC(C)C(=O)O)C(=O)Cc1cccs1. The quantitative estimate of drug-likeness (QED) is 0.713. The normalized spacial score (nSPS) is 12.1. The van der Waals surface area contributed by atoms with Gasteiger partial charge in [0.05, 0.1) is 12.3 Å². The van der Waals surface area contributed by atoms with Gasteiger partial charge in [0, 0.05) is 18.0 Å². The Morgan fingerprint density at radius 1 is 1.40 bits per heavy atom. The third-order valence-electron chi connectivity index (χ3n) is 3.21. The van der Waals surface area contributed by atoms with Crippen LogP contribution in [0.15, 0.2) is 17.5 Å². The molecule has 0 saturated heterocycles. The minimum atomic E-state index is -0.852. The molecule has 4 nitrogen and oxygen atoms in total. The Kier molecular flexibility index (Phi) is 7.30. The fourth-order valence-corrected chi connectivity index (χ4v) is 2.65. The molecule has 5 heteroatoms. The number of carboxylic acids is 1. The maximum atomic E-state index is 12.3. The number of carbonyl (C=O) groups is 2. The molecule has 20 heavy (non-hydrogen) atoms. The minimum absolute atomic E-state index is 0.0247. The van der Waals surface area contributed by atoms with Crippen molar-refractivity contribution in [1.29, 1.82) is 0 Å². The highest BCUT2D eigenvalue weighted by Gasteiger charge is 2.20. The van der Waals surface area contributed by atoms with Gasteiger partial charge < -0.3 is 10.0 Å². The summed E-state index contributed by atoms with van der Waals surface area (Å²) in [6.07, 6.45) is 3.45. The van der Waals surface area contributed by atoms with Crippen LogP contribution in [-0.4, -0.2) is 35.0 Å². The van der Waals surface area contributed by atoms with E-state index in [1.54, 1.807) is 23.2 Å². The van der Waals surface area contributed by atoms with Crippen LogP contribution >= 0.6 is 11.3 Å². The number of nitrogens with zero attached hydrogens (tertiary/aromatic N) is 1. The van der Waals surface area contributed by atoms with Crippen LogP contribution in [0.2, 0.25) is 0 Å². The van der Waals surface area contributed by atoms with Crippen LogP contribution in [0, 0.1) is 5.92 Å². The standard InChI is InChI=1S/C15H23NO3S/c1-3-4-5-8-16(11-12(2)15(18)19)14(17)10-13-7-6-9-20-13/h6-7,9,12H,3-5,8,10-11H2,1-2H3,(H,18,19). The van der Waals surface area contributed by atoms with Crippen LogP contribution < -0.4 is 0 Å². The van der Waals surface area contributed by atoms with Gasteiger partial charge in [-0.2, -0.15) is 0 Å². The number of unbranched alkanes of at least 4 members (excludes halogenated alkanes) is 2. The largest absolute Gasteiger partial charge is 0.481 e. The second-order valence-corrected chi connectivity index (χ2v) is 6.07. The van der Waals surface area contributed by atoms with Gasteiger partial charge in [0.25, 0.3) is 0 Å². The Balaban J connectivity index is 2.59. The van der Waals surface area contributed by atoms with Crippen molar-refractivity contribution < 1.29 is 14.7 Å². The van der Waals surface area contributed by atoms with Gasteiger partial charge in [0.2, 0.25) is 5.91 Å². The molecule has 1 atom stereocenters. The molecule has 0 radical (unpaired) electrons. The number of hydrogen-bond acceptors (Lipinski definition) is 3.